The third kappa shape index (κ3) is 2.70. The Balaban J connectivity index is 2.28. The lowest BCUT2D eigenvalue weighted by Crippen LogP contribution is -2.16. The Bertz CT molecular complexity index is 906. The summed E-state index contributed by atoms with van der Waals surface area (Å²) >= 11 is 0. The molecule has 0 fully saturated rings. The lowest BCUT2D eigenvalue weighted by atomic mass is 9.88. The van der Waals surface area contributed by atoms with Gasteiger partial charge >= 0.3 is 5.63 Å². The number of phenols is 1. The number of phenolic OH excluding ortho intramolecular Hbond substituents is 1. The molecule has 0 bridgehead atoms. The molecule has 1 aliphatic rings. The first-order valence-electron chi connectivity index (χ1n) is 8.10. The highest BCUT2D eigenvalue weighted by atomic mass is 16.4. The van der Waals surface area contributed by atoms with Gasteiger partial charge < -0.3 is 14.4 Å². The van der Waals surface area contributed by atoms with Gasteiger partial charge in [0.15, 0.2) is 5.78 Å². The van der Waals surface area contributed by atoms with Crippen molar-refractivity contribution in [1.29, 1.82) is 0 Å². The van der Waals surface area contributed by atoms with E-state index < -0.39 is 0 Å². The highest BCUT2D eigenvalue weighted by molar-refractivity contribution is 6.11. The van der Waals surface area contributed by atoms with Gasteiger partial charge in [-0.3, -0.25) is 4.79 Å². The number of rotatable bonds is 3. The molecule has 3 rings (SSSR count). The number of hydrogen-bond donors (Lipinski definition) is 1. The molecule has 126 valence electrons. The normalized spacial score (nSPS) is 14.1. The Morgan fingerprint density at radius 2 is 1.92 bits per heavy atom. The van der Waals surface area contributed by atoms with Gasteiger partial charge in [-0.25, -0.2) is 4.79 Å². The van der Waals surface area contributed by atoms with E-state index in [0.717, 1.165) is 24.8 Å². The third-order valence-corrected chi connectivity index (χ3v) is 4.45. The highest BCUT2D eigenvalue weighted by Crippen LogP contribution is 2.37. The van der Waals surface area contributed by atoms with E-state index in [1.807, 2.05) is 14.1 Å². The lowest BCUT2D eigenvalue weighted by molar-refractivity contribution is 0.104. The largest absolute Gasteiger partial charge is 0.506 e. The molecule has 5 heteroatoms. The van der Waals surface area contributed by atoms with E-state index in [1.54, 1.807) is 24.1 Å². The topological polar surface area (TPSA) is 70.7 Å². The van der Waals surface area contributed by atoms with Crippen molar-refractivity contribution in [1.82, 2.24) is 4.90 Å². The van der Waals surface area contributed by atoms with Gasteiger partial charge in [0.25, 0.3) is 0 Å². The Morgan fingerprint density at radius 3 is 2.58 bits per heavy atom. The summed E-state index contributed by atoms with van der Waals surface area (Å²) < 4.78 is 5.40. The van der Waals surface area contributed by atoms with Crippen molar-refractivity contribution in [3.63, 3.8) is 0 Å². The summed E-state index contributed by atoms with van der Waals surface area (Å²) in [5.41, 5.74) is 2.34. The minimum atomic E-state index is -0.331. The van der Waals surface area contributed by atoms with Crippen LogP contribution in [-0.4, -0.2) is 29.9 Å². The number of hydrogen-bond acceptors (Lipinski definition) is 5. The van der Waals surface area contributed by atoms with Crippen LogP contribution < -0.4 is 5.63 Å². The summed E-state index contributed by atoms with van der Waals surface area (Å²) in [4.78, 5) is 26.4. The molecule has 0 saturated carbocycles. The Morgan fingerprint density at radius 1 is 1.25 bits per heavy atom. The number of aryl methyl sites for hydroxylation is 2. The van der Waals surface area contributed by atoms with E-state index in [-0.39, 0.29) is 22.7 Å². The molecule has 0 aliphatic heterocycles. The SMILES string of the molecule is Cc1cc2oc(=O)c3c(c2c(O)c1C(=O)C=CN(C)C)CCCC3. The van der Waals surface area contributed by atoms with Crippen LogP contribution in [0.4, 0.5) is 0 Å². The zero-order chi connectivity index (χ0) is 17.4. The molecule has 1 heterocycles. The minimum absolute atomic E-state index is 0.0830. The Kier molecular flexibility index (Phi) is 4.18. The number of carbonyl (C=O) groups excluding carboxylic acids is 1. The van der Waals surface area contributed by atoms with Crippen LogP contribution in [0.5, 0.6) is 5.75 Å². The van der Waals surface area contributed by atoms with Gasteiger partial charge in [-0.1, -0.05) is 0 Å². The van der Waals surface area contributed by atoms with Crippen molar-refractivity contribution in [2.45, 2.75) is 32.6 Å². The lowest BCUT2D eigenvalue weighted by Gasteiger charge is -2.18. The van der Waals surface area contributed by atoms with Gasteiger partial charge in [-0.2, -0.15) is 0 Å². The zero-order valence-corrected chi connectivity index (χ0v) is 14.2. The van der Waals surface area contributed by atoms with Crippen molar-refractivity contribution >= 4 is 16.8 Å². The van der Waals surface area contributed by atoms with E-state index in [9.17, 15) is 14.7 Å². The van der Waals surface area contributed by atoms with Crippen LogP contribution in [0, 0.1) is 6.92 Å². The van der Waals surface area contributed by atoms with Crippen molar-refractivity contribution in [3.05, 3.63) is 51.0 Å². The second kappa shape index (κ2) is 6.15. The molecule has 0 amide bonds. The fourth-order valence-electron chi connectivity index (χ4n) is 3.32. The Labute approximate surface area is 140 Å². The van der Waals surface area contributed by atoms with Gasteiger partial charge in [-0.05, 0) is 49.8 Å². The first-order chi connectivity index (χ1) is 11.4. The number of fused-ring (bicyclic) bond motifs is 3. The summed E-state index contributed by atoms with van der Waals surface area (Å²) in [5.74, 6) is -0.350. The summed E-state index contributed by atoms with van der Waals surface area (Å²) in [6, 6.07) is 1.67. The van der Waals surface area contributed by atoms with E-state index in [1.165, 1.54) is 6.08 Å². The fourth-order valence-corrected chi connectivity index (χ4v) is 3.32. The molecule has 1 aromatic carbocycles. The maximum Gasteiger partial charge on any atom is 0.339 e. The average molecular weight is 327 g/mol. The molecule has 0 unspecified atom stereocenters. The summed E-state index contributed by atoms with van der Waals surface area (Å²) in [7, 11) is 3.64. The van der Waals surface area contributed by atoms with Gasteiger partial charge in [0.1, 0.15) is 11.3 Å². The van der Waals surface area contributed by atoms with Crippen LogP contribution in [0.2, 0.25) is 0 Å². The molecule has 0 radical (unpaired) electrons. The summed E-state index contributed by atoms with van der Waals surface area (Å²) in [6.07, 6.45) is 6.35. The summed E-state index contributed by atoms with van der Waals surface area (Å²) in [6.45, 7) is 1.73. The molecule has 1 N–H and O–H groups in total. The van der Waals surface area contributed by atoms with Crippen LogP contribution >= 0.6 is 0 Å². The van der Waals surface area contributed by atoms with Gasteiger partial charge in [0.2, 0.25) is 0 Å². The van der Waals surface area contributed by atoms with Crippen molar-refractivity contribution in [2.75, 3.05) is 14.1 Å². The molecular formula is C19H21NO4. The molecule has 0 atom stereocenters. The quantitative estimate of drug-likeness (QED) is 0.533. The predicted molar refractivity (Wildman–Crippen MR) is 92.7 cm³/mol. The molecule has 24 heavy (non-hydrogen) atoms. The number of benzene rings is 1. The molecule has 2 aromatic rings. The molecule has 1 aliphatic carbocycles. The van der Waals surface area contributed by atoms with E-state index in [0.29, 0.717) is 28.5 Å². The highest BCUT2D eigenvalue weighted by Gasteiger charge is 2.24. The first kappa shape index (κ1) is 16.3. The van der Waals surface area contributed by atoms with Crippen molar-refractivity contribution < 1.29 is 14.3 Å². The van der Waals surface area contributed by atoms with E-state index in [2.05, 4.69) is 0 Å². The molecule has 5 nitrogen and oxygen atoms in total. The fraction of sp³-hybridized carbons (Fsp3) is 0.368. The smallest absolute Gasteiger partial charge is 0.339 e. The van der Waals surface area contributed by atoms with Crippen LogP contribution in [0.1, 0.15) is 39.9 Å². The predicted octanol–water partition coefficient (Wildman–Crippen LogP) is 2.94. The van der Waals surface area contributed by atoms with Crippen LogP contribution in [-0.2, 0) is 12.8 Å². The average Bonchev–Trinajstić information content (AvgIpc) is 2.52. The maximum atomic E-state index is 12.5. The second-order valence-electron chi connectivity index (χ2n) is 6.49. The third-order valence-electron chi connectivity index (χ3n) is 4.45. The summed E-state index contributed by atoms with van der Waals surface area (Å²) in [5, 5.41) is 11.3. The van der Waals surface area contributed by atoms with E-state index >= 15 is 0 Å². The first-order valence-corrected chi connectivity index (χ1v) is 8.10. The number of allylic oxidation sites excluding steroid dienone is 1. The molecule has 0 saturated heterocycles. The van der Waals surface area contributed by atoms with Gasteiger partial charge in [0, 0.05) is 31.9 Å². The van der Waals surface area contributed by atoms with Crippen molar-refractivity contribution in [3.8, 4) is 5.75 Å². The number of aromatic hydroxyl groups is 1. The molecular weight excluding hydrogens is 306 g/mol. The van der Waals surface area contributed by atoms with Gasteiger partial charge in [0.05, 0.1) is 10.9 Å². The van der Waals surface area contributed by atoms with Crippen LogP contribution in [0.25, 0.3) is 11.0 Å². The number of ketones is 1. The van der Waals surface area contributed by atoms with Gasteiger partial charge in [-0.15, -0.1) is 0 Å². The minimum Gasteiger partial charge on any atom is -0.506 e. The van der Waals surface area contributed by atoms with E-state index in [4.69, 9.17) is 4.42 Å². The second-order valence-corrected chi connectivity index (χ2v) is 6.49. The molecule has 0 spiro atoms. The molecule has 1 aromatic heterocycles. The van der Waals surface area contributed by atoms with Crippen molar-refractivity contribution in [2.24, 2.45) is 0 Å². The number of carbonyl (C=O) groups is 1. The van der Waals surface area contributed by atoms with Crippen LogP contribution in [0.3, 0.4) is 0 Å². The monoisotopic (exact) mass is 327 g/mol. The zero-order valence-electron chi connectivity index (χ0n) is 14.2. The number of nitrogens with zero attached hydrogens (tertiary/aromatic N) is 1. The maximum absolute atomic E-state index is 12.5. The standard InChI is InChI=1S/C19H21NO4/c1-11-10-15-17(12-6-4-5-7-13(12)19(23)24-15)18(22)16(11)14(21)8-9-20(2)3/h8-10,22H,4-7H2,1-3H3. The van der Waals surface area contributed by atoms with Crippen LogP contribution in [0.15, 0.2) is 27.6 Å². The Hall–Kier alpha value is -2.56.